The Morgan fingerprint density at radius 2 is 0.799 bits per heavy atom. The minimum atomic E-state index is -5.32. The average molecular weight is 2060 g/mol. The first-order valence-electron chi connectivity index (χ1n) is 39.2. The number of ketones is 3. The van der Waals surface area contributed by atoms with Crippen molar-refractivity contribution in [2.75, 3.05) is 56.8 Å². The van der Waals surface area contributed by atoms with E-state index in [-0.39, 0.29) is 129 Å². The Labute approximate surface area is 756 Å². The van der Waals surface area contributed by atoms with E-state index in [1.165, 1.54) is 55.9 Å². The predicted molar refractivity (Wildman–Crippen MR) is 443 cm³/mol. The van der Waals surface area contributed by atoms with E-state index in [2.05, 4.69) is 87.0 Å². The van der Waals surface area contributed by atoms with Crippen molar-refractivity contribution in [2.24, 2.45) is 15.0 Å². The third-order valence-electron chi connectivity index (χ3n) is 22.1. The number of imidazole rings is 6. The van der Waals surface area contributed by atoms with Crippen molar-refractivity contribution in [1.29, 1.82) is 0 Å². The number of Topliss-reactive ketones (excluding diaryl/α,β-unsaturated/α-hetero) is 3. The largest absolute Gasteiger partial charge is 0.756 e. The molecular formula is C63H69F2N24O36P6S3-. The van der Waals surface area contributed by atoms with Crippen LogP contribution >= 0.6 is 56.0 Å². The van der Waals surface area contributed by atoms with Crippen LogP contribution in [0.3, 0.4) is 0 Å². The summed E-state index contributed by atoms with van der Waals surface area (Å²) < 4.78 is 191. The molecule has 21 rings (SSSR count). The first-order valence-corrected chi connectivity index (χ1v) is 51.6. The number of nitrogens with zero attached hydrogens (tertiary/aromatic N) is 18. The van der Waals surface area contributed by atoms with Crippen LogP contribution in [0.4, 0.5) is 44.1 Å². The number of hydrogen-bond acceptors (Lipinski definition) is 49. The van der Waals surface area contributed by atoms with Gasteiger partial charge in [-0.25, -0.2) is 67.4 Å². The number of phosphoric acid groups is 3. The van der Waals surface area contributed by atoms with Crippen molar-refractivity contribution in [1.82, 2.24) is 87.2 Å². The van der Waals surface area contributed by atoms with Gasteiger partial charge >= 0.3 is 35.9 Å². The number of nitrogens with two attached hydrogens (primary N) is 3. The fourth-order valence-corrected chi connectivity index (χ4v) is 23.3. The summed E-state index contributed by atoms with van der Waals surface area (Å²) in [6, 6.07) is 0. The number of alkyl halides is 2. The summed E-state index contributed by atoms with van der Waals surface area (Å²) in [6.07, 6.45) is -24.3. The second-order valence-corrected chi connectivity index (χ2v) is 43.4. The zero-order chi connectivity index (χ0) is 94.6. The highest BCUT2D eigenvalue weighted by Gasteiger charge is 2.59. The number of anilines is 3. The molecule has 12 aliphatic rings. The average Bonchev–Trinajstić information content (AvgIpc) is 1.62. The Kier molecular flexibility index (Phi) is 25.4. The lowest BCUT2D eigenvalue weighted by Gasteiger charge is -2.31. The number of phosphoric ester groups is 3. The molecule has 0 saturated carbocycles. The number of aromatic amines is 3. The highest BCUT2D eigenvalue weighted by atomic mass is 32.7. The molecule has 720 valence electrons. The summed E-state index contributed by atoms with van der Waals surface area (Å²) in [6.45, 7) is -17.3. The molecule has 9 fully saturated rings. The van der Waals surface area contributed by atoms with Gasteiger partial charge in [0, 0.05) is 44.3 Å². The number of aliphatic hydroxyl groups excluding tert-OH is 3. The molecule has 0 amide bonds. The van der Waals surface area contributed by atoms with Crippen LogP contribution in [0.2, 0.25) is 0 Å². The molecule has 134 heavy (non-hydrogen) atoms. The standard InChI is InChI=1S/C21H22F2N8O10P2S2.C21H24N8O13P2S.C21H24N8O13P2/c22-10-8-3-36-42(34,44)40-14-9(39-19(11(14)23)30-5-26-12-7(32)1-2-25-16(12)30)4-37-43(35,45)41-15(10)20(38-8)31-6-27-13-17(31)28-21(24)29-18(13)33;22-21-26-17-11(18(33)27-21)25-6-29(17)20-15-12(31)8(39-20)3-38-44(36,45)42-14-9(4-37-43(34,35)41-15)40-19(13(14)32)28-5-24-10-7(30)1-2-23-16(10)28;22-21-26-17-13(18(32)27-21)25-7-29(17)19-10-3-8(39-19)4-37-44(35,36)42-15-11(5-38-43(33,34)41-10)40-20(14(15)31)28-6-24-12-9(30)1-2-23-16(12)28/h2,5-6,8-11,14-15,19-20H,1,3-4H2,(H,34,44)(H,35,45)(H3,24,28,29,33);2,5-6,8-9,12-15,19-20,31-32H,1,3-4H2,(H,34,35)(H,36,45)(H3,22,26,27,33);2,6-8,10-11,14-15,19-20,31H,1,3-5H2,(H,33,34)(H,35,36)(H3,22,26,27,32)/p-1/t8-,9-,10-,11-,14-,15-,19-,20-,42?,43?;8-,9-,12-,13-,14-,15-,19-,20-,44?;8-,10+,11+,14+,15+,19+,20+/m110/s1. The van der Waals surface area contributed by atoms with E-state index in [4.69, 9.17) is 124 Å². The third-order valence-corrected chi connectivity index (χ3v) is 29.8. The first kappa shape index (κ1) is 94.5. The van der Waals surface area contributed by atoms with Gasteiger partial charge in [0.25, 0.3) is 24.5 Å². The summed E-state index contributed by atoms with van der Waals surface area (Å²) in [5, 5.41) is 33.3. The Balaban J connectivity index is 0.000000129. The Hall–Kier alpha value is -8.51. The minimum absolute atomic E-state index is 0.00967. The summed E-state index contributed by atoms with van der Waals surface area (Å²) in [4.78, 5) is 185. The van der Waals surface area contributed by atoms with Crippen molar-refractivity contribution in [3.05, 3.63) is 86.1 Å². The third kappa shape index (κ3) is 18.4. The minimum Gasteiger partial charge on any atom is -0.756 e. The number of hydrogen-bond donors (Lipinski definition) is 14. The molecular weight excluding hydrogens is 1990 g/mol. The lowest BCUT2D eigenvalue weighted by atomic mass is 10.1. The van der Waals surface area contributed by atoms with E-state index >= 15 is 8.78 Å². The number of rotatable bonds is 6. The van der Waals surface area contributed by atoms with E-state index in [0.29, 0.717) is 0 Å². The Morgan fingerprint density at radius 1 is 0.410 bits per heavy atom. The molecule has 6 bridgehead atoms. The van der Waals surface area contributed by atoms with Crippen LogP contribution in [0, 0.1) is 0 Å². The van der Waals surface area contributed by atoms with Gasteiger partial charge in [-0.1, -0.05) is 12.2 Å². The molecule has 0 aromatic carbocycles. The van der Waals surface area contributed by atoms with E-state index in [9.17, 15) is 86.8 Å². The molecule has 9 aromatic rings. The summed E-state index contributed by atoms with van der Waals surface area (Å²) >= 11 is 14.2. The van der Waals surface area contributed by atoms with Gasteiger partial charge < -0.3 is 104 Å². The number of fused-ring (bicyclic) bond motifs is 15. The van der Waals surface area contributed by atoms with Crippen molar-refractivity contribution < 1.29 is 164 Å². The number of aromatic nitrogens is 18. The lowest BCUT2D eigenvalue weighted by Crippen LogP contribution is -2.37. The Morgan fingerprint density at radius 3 is 1.31 bits per heavy atom. The van der Waals surface area contributed by atoms with Crippen LogP contribution in [0.5, 0.6) is 0 Å². The number of nitrogen functional groups attached to an aromatic ring is 3. The maximum Gasteiger partial charge on any atom is 0.472 e. The van der Waals surface area contributed by atoms with Gasteiger partial charge in [0.2, 0.25) is 17.8 Å². The number of halogens is 2. The van der Waals surface area contributed by atoms with Crippen LogP contribution in [-0.4, -0.2) is 302 Å². The highest BCUT2D eigenvalue weighted by molar-refractivity contribution is 8.44. The van der Waals surface area contributed by atoms with Gasteiger partial charge in [-0.15, -0.1) is 0 Å². The SMILES string of the molecule is Nc1nc2c(ncn2[C@@H]2O[C@@H]3COP(=O)(O)O[C@H]4[C@@H](O)[C@H](n5cnc6c5N=CCC6=O)O[C@@H]4COP(=O)(O)O[C@@H]2C3)c(=O)[nH]1.Nc1nc2c(ncn2[C@@H]2O[C@@H]3COP(O)(=S)O[C@H]4[C@@H](F)[C@H](n5cnc6c5N=CCC6=O)O[C@@H]4COP(=O)(S)O[C@@H]2[C@@H]3F)c(=O)[nH]1.Nc1nc2c(ncn2[C@@H]2O[C@@H]3COP(O)(=S)O[C@H]4[C@@H](O)[C@H](n5cnc6c5N=CCC6=O)O[C@@H]4COP(=O)([O-])O[C@@H]2[C@@H]3O)c(=O)[nH]1. The normalized spacial score (nSPS) is 38.4. The number of aliphatic imine (C=N–C) groups is 3. The number of aliphatic hydroxyl groups is 3. The fourth-order valence-electron chi connectivity index (χ4n) is 16.2. The molecule has 9 aromatic heterocycles. The van der Waals surface area contributed by atoms with Crippen molar-refractivity contribution in [3.63, 3.8) is 0 Å². The molecule has 9 saturated heterocycles. The molecule has 12 aliphatic heterocycles. The van der Waals surface area contributed by atoms with E-state index in [0.717, 1.165) is 28.1 Å². The number of carbonyl (C=O) groups excluding carboxylic acids is 3. The number of H-pyrrole nitrogens is 3. The zero-order valence-corrected chi connectivity index (χ0v) is 74.9. The van der Waals surface area contributed by atoms with Crippen molar-refractivity contribution in [3.8, 4) is 0 Å². The second-order valence-electron chi connectivity index (χ2n) is 30.7. The summed E-state index contributed by atoms with van der Waals surface area (Å²) in [5.41, 5.74) is 14.4. The van der Waals surface area contributed by atoms with Crippen LogP contribution in [0.25, 0.3) is 33.5 Å². The van der Waals surface area contributed by atoms with E-state index < -0.39 is 241 Å². The van der Waals surface area contributed by atoms with Gasteiger partial charge in [-0.05, 0) is 23.6 Å². The molecule has 0 spiro atoms. The van der Waals surface area contributed by atoms with Crippen LogP contribution in [0.15, 0.2) is 67.3 Å². The molecule has 16 N–H and O–H groups in total. The first-order chi connectivity index (χ1) is 63.5. The van der Waals surface area contributed by atoms with Gasteiger partial charge in [-0.3, -0.25) is 112 Å². The topological polar surface area (TPSA) is 810 Å². The van der Waals surface area contributed by atoms with Crippen LogP contribution in [0.1, 0.15) is 94.5 Å². The number of nitrogens with one attached hydrogen (secondary N) is 3. The predicted octanol–water partition coefficient (Wildman–Crippen LogP) is -1.21. The molecule has 21 heterocycles. The smallest absolute Gasteiger partial charge is 0.472 e. The fraction of sp³-hybridized carbons (Fsp3) is 0.524. The maximum atomic E-state index is 16.0. The van der Waals surface area contributed by atoms with E-state index in [1.54, 1.807) is 0 Å². The van der Waals surface area contributed by atoms with Gasteiger partial charge in [-0.2, -0.15) is 15.0 Å². The molecule has 0 aliphatic carbocycles. The quantitative estimate of drug-likeness (QED) is 0.0686. The van der Waals surface area contributed by atoms with Crippen LogP contribution in [-0.2, 0) is 125 Å². The lowest BCUT2D eigenvalue weighted by molar-refractivity contribution is -0.237. The molecule has 60 nitrogen and oxygen atoms in total. The number of thiol groups is 1. The molecule has 6 unspecified atom stereocenters. The molecule has 0 radical (unpaired) electrons. The second kappa shape index (κ2) is 36.0. The number of carbonyl (C=O) groups is 3. The van der Waals surface area contributed by atoms with Gasteiger partial charge in [0.15, 0.2) is 135 Å². The number of ether oxygens (including phenoxy) is 6. The molecule has 29 atom stereocenters. The monoisotopic (exact) mass is 2060 g/mol. The van der Waals surface area contributed by atoms with Crippen molar-refractivity contribution >= 4 is 184 Å². The van der Waals surface area contributed by atoms with Crippen molar-refractivity contribution in [2.45, 2.75) is 167 Å². The maximum absolute atomic E-state index is 16.0. The highest BCUT2D eigenvalue weighted by Crippen LogP contribution is 2.61. The molecule has 71 heteroatoms. The Bertz CT molecular complexity index is 6560. The summed E-state index contributed by atoms with van der Waals surface area (Å²) in [5.74, 6) is -1.54. The van der Waals surface area contributed by atoms with Gasteiger partial charge in [0.1, 0.15) is 85.5 Å². The summed E-state index contributed by atoms with van der Waals surface area (Å²) in [7, 11) is -15.2. The zero-order valence-electron chi connectivity index (χ0n) is 67.0. The van der Waals surface area contributed by atoms with Gasteiger partial charge in [0.05, 0.1) is 83.7 Å². The van der Waals surface area contributed by atoms with Crippen LogP contribution < -0.4 is 38.8 Å². The van der Waals surface area contributed by atoms with E-state index in [1.807, 2.05) is 0 Å².